The van der Waals surface area contributed by atoms with Gasteiger partial charge in [-0.15, -0.1) is 0 Å². The van der Waals surface area contributed by atoms with Crippen LogP contribution in [0.2, 0.25) is 0 Å². The number of nitrogens with zero attached hydrogens (tertiary/aromatic N) is 1. The third-order valence-corrected chi connectivity index (χ3v) is 3.45. The van der Waals surface area contributed by atoms with Gasteiger partial charge in [0.1, 0.15) is 6.26 Å². The second-order valence-electron chi connectivity index (χ2n) is 4.59. The molecule has 0 N–H and O–H groups in total. The van der Waals surface area contributed by atoms with Crippen molar-refractivity contribution in [2.45, 2.75) is 6.42 Å². The Bertz CT molecular complexity index is 697. The van der Waals surface area contributed by atoms with Crippen molar-refractivity contribution in [3.8, 4) is 11.1 Å². The minimum absolute atomic E-state index is 1.05. The van der Waals surface area contributed by atoms with Crippen molar-refractivity contribution in [2.24, 2.45) is 0 Å². The maximum Gasteiger partial charge on any atom is 0.180 e. The van der Waals surface area contributed by atoms with Crippen LogP contribution >= 0.6 is 0 Å². The van der Waals surface area contributed by atoms with E-state index in [1.165, 1.54) is 40.5 Å². The number of oxazole rings is 1. The lowest BCUT2D eigenvalue weighted by Gasteiger charge is -2.03. The van der Waals surface area contributed by atoms with Gasteiger partial charge in [-0.3, -0.25) is 0 Å². The summed E-state index contributed by atoms with van der Waals surface area (Å²) in [5.74, 6) is 0. The van der Waals surface area contributed by atoms with Crippen LogP contribution in [0.15, 0.2) is 72.3 Å². The molecule has 2 nitrogen and oxygen atoms in total. The molecule has 2 heteroatoms. The lowest BCUT2D eigenvalue weighted by Crippen LogP contribution is -1.84. The first-order valence-electron chi connectivity index (χ1n) is 6.55. The molecule has 2 aromatic carbocycles. The topological polar surface area (TPSA) is 26.0 Å². The molecule has 0 radical (unpaired) electrons. The van der Waals surface area contributed by atoms with Gasteiger partial charge in [-0.05, 0) is 34.2 Å². The molecule has 0 atom stereocenters. The van der Waals surface area contributed by atoms with Crippen molar-refractivity contribution >= 4 is 6.08 Å². The molecule has 0 fully saturated rings. The number of fused-ring (bicyclic) bond motifs is 3. The summed E-state index contributed by atoms with van der Waals surface area (Å²) in [4.78, 5) is 3.56. The molecule has 4 rings (SSSR count). The summed E-state index contributed by atoms with van der Waals surface area (Å²) in [6.45, 7) is 3.87. The zero-order chi connectivity index (χ0) is 13.8. The van der Waals surface area contributed by atoms with E-state index in [0.29, 0.717) is 0 Å². The van der Waals surface area contributed by atoms with E-state index in [4.69, 9.17) is 0 Å². The van der Waals surface area contributed by atoms with Crippen LogP contribution < -0.4 is 0 Å². The first-order valence-corrected chi connectivity index (χ1v) is 6.55. The van der Waals surface area contributed by atoms with Crippen LogP contribution in [0.25, 0.3) is 17.2 Å². The summed E-state index contributed by atoms with van der Waals surface area (Å²) in [5.41, 5.74) is 6.89. The molecule has 0 saturated heterocycles. The minimum atomic E-state index is 1.05. The molecule has 0 aliphatic heterocycles. The van der Waals surface area contributed by atoms with Gasteiger partial charge in [0.25, 0.3) is 0 Å². The molecule has 3 aromatic rings. The van der Waals surface area contributed by atoms with E-state index in [2.05, 4.69) is 58.4 Å². The van der Waals surface area contributed by atoms with Gasteiger partial charge in [-0.2, -0.15) is 0 Å². The first kappa shape index (κ1) is 12.4. The van der Waals surface area contributed by atoms with Crippen LogP contribution in [0, 0.1) is 0 Å². The molecule has 1 heterocycles. The van der Waals surface area contributed by atoms with Crippen molar-refractivity contribution in [2.75, 3.05) is 0 Å². The second kappa shape index (κ2) is 5.57. The highest BCUT2D eigenvalue weighted by molar-refractivity contribution is 5.80. The van der Waals surface area contributed by atoms with E-state index < -0.39 is 0 Å². The number of hydrogen-bond donors (Lipinski definition) is 0. The molecule has 0 unspecified atom stereocenters. The molecular formula is C18H15NO. The number of benzene rings is 2. The summed E-state index contributed by atoms with van der Waals surface area (Å²) in [7, 11) is 0. The van der Waals surface area contributed by atoms with Crippen LogP contribution in [-0.2, 0) is 6.42 Å². The van der Waals surface area contributed by atoms with Crippen LogP contribution in [0.3, 0.4) is 0 Å². The van der Waals surface area contributed by atoms with Gasteiger partial charge in [-0.25, -0.2) is 4.98 Å². The predicted octanol–water partition coefficient (Wildman–Crippen LogP) is 4.58. The Balaban J connectivity index is 0.000000205. The maximum absolute atomic E-state index is 4.47. The summed E-state index contributed by atoms with van der Waals surface area (Å²) in [6, 6.07) is 15.1. The fraction of sp³-hybridized carbons (Fsp3) is 0.0556. The average Bonchev–Trinajstić information content (AvgIpc) is 3.17. The zero-order valence-corrected chi connectivity index (χ0v) is 11.1. The van der Waals surface area contributed by atoms with Crippen molar-refractivity contribution in [3.63, 3.8) is 0 Å². The zero-order valence-electron chi connectivity index (χ0n) is 11.1. The second-order valence-corrected chi connectivity index (χ2v) is 4.59. The maximum atomic E-state index is 4.47. The quantitative estimate of drug-likeness (QED) is 0.501. The van der Waals surface area contributed by atoms with E-state index in [0.717, 1.165) is 6.42 Å². The fourth-order valence-corrected chi connectivity index (χ4v) is 2.55. The third-order valence-electron chi connectivity index (χ3n) is 3.45. The third kappa shape index (κ3) is 2.28. The lowest BCUT2D eigenvalue weighted by atomic mass is 10.0. The van der Waals surface area contributed by atoms with Gasteiger partial charge < -0.3 is 4.42 Å². The molecule has 98 valence electrons. The number of hydrogen-bond acceptors (Lipinski definition) is 2. The monoisotopic (exact) mass is 261 g/mol. The fourth-order valence-electron chi connectivity index (χ4n) is 2.55. The lowest BCUT2D eigenvalue weighted by molar-refractivity contribution is 0.558. The molecule has 1 aliphatic carbocycles. The molecule has 0 saturated carbocycles. The Morgan fingerprint density at radius 3 is 2.60 bits per heavy atom. The standard InChI is InChI=1S/C15H12.C3H3NO/c1-2-11-7-5-9-14-13-8-4-3-6-12(13)10-15(11)14;1-2-5-3-4-1/h2-9H,1,10H2;1-3H. The highest BCUT2D eigenvalue weighted by atomic mass is 16.3. The average molecular weight is 261 g/mol. The van der Waals surface area contributed by atoms with Crippen molar-refractivity contribution in [1.29, 1.82) is 0 Å². The van der Waals surface area contributed by atoms with Crippen molar-refractivity contribution in [1.82, 2.24) is 4.98 Å². The van der Waals surface area contributed by atoms with E-state index >= 15 is 0 Å². The predicted molar refractivity (Wildman–Crippen MR) is 81.3 cm³/mol. The molecule has 1 aliphatic rings. The van der Waals surface area contributed by atoms with Crippen LogP contribution in [0.1, 0.15) is 16.7 Å². The Morgan fingerprint density at radius 1 is 1.05 bits per heavy atom. The van der Waals surface area contributed by atoms with Gasteiger partial charge in [0, 0.05) is 0 Å². The van der Waals surface area contributed by atoms with E-state index in [1.807, 2.05) is 6.08 Å². The highest BCUT2D eigenvalue weighted by Crippen LogP contribution is 2.38. The van der Waals surface area contributed by atoms with Gasteiger partial charge in [-0.1, -0.05) is 55.1 Å². The van der Waals surface area contributed by atoms with Crippen LogP contribution in [0.5, 0.6) is 0 Å². The highest BCUT2D eigenvalue weighted by Gasteiger charge is 2.18. The van der Waals surface area contributed by atoms with Crippen LogP contribution in [0.4, 0.5) is 0 Å². The molecule has 20 heavy (non-hydrogen) atoms. The Kier molecular flexibility index (Phi) is 3.46. The molecule has 1 aromatic heterocycles. The Morgan fingerprint density at radius 2 is 1.90 bits per heavy atom. The Labute approximate surface area is 118 Å². The molecule has 0 amide bonds. The van der Waals surface area contributed by atoms with E-state index in [-0.39, 0.29) is 0 Å². The SMILES string of the molecule is C=Cc1cccc2c1Cc1ccccc1-2.c1cocn1. The van der Waals surface area contributed by atoms with E-state index in [1.54, 1.807) is 6.20 Å². The van der Waals surface area contributed by atoms with Gasteiger partial charge >= 0.3 is 0 Å². The van der Waals surface area contributed by atoms with Crippen molar-refractivity contribution in [3.05, 3.63) is 84.6 Å². The molecule has 0 spiro atoms. The normalized spacial score (nSPS) is 11.0. The van der Waals surface area contributed by atoms with Gasteiger partial charge in [0.2, 0.25) is 0 Å². The molecular weight excluding hydrogens is 246 g/mol. The largest absolute Gasteiger partial charge is 0.452 e. The van der Waals surface area contributed by atoms with Gasteiger partial charge in [0.15, 0.2) is 6.39 Å². The Hall–Kier alpha value is -2.61. The van der Waals surface area contributed by atoms with Gasteiger partial charge in [0.05, 0.1) is 6.20 Å². The minimum Gasteiger partial charge on any atom is -0.452 e. The summed E-state index contributed by atoms with van der Waals surface area (Å²) >= 11 is 0. The van der Waals surface area contributed by atoms with Crippen molar-refractivity contribution < 1.29 is 4.42 Å². The smallest absolute Gasteiger partial charge is 0.180 e. The summed E-state index contributed by atoms with van der Waals surface area (Å²) in [6.07, 6.45) is 7.47. The first-order chi connectivity index (χ1) is 9.90. The number of rotatable bonds is 1. The van der Waals surface area contributed by atoms with Crippen LogP contribution in [-0.4, -0.2) is 4.98 Å². The number of aromatic nitrogens is 1. The molecule has 0 bridgehead atoms. The summed E-state index contributed by atoms with van der Waals surface area (Å²) < 4.78 is 4.47. The summed E-state index contributed by atoms with van der Waals surface area (Å²) in [5, 5.41) is 0. The van der Waals surface area contributed by atoms with E-state index in [9.17, 15) is 0 Å².